The number of likely N-dealkylation sites (N-methyl/N-ethyl adjacent to an activating group) is 1. The van der Waals surface area contributed by atoms with Gasteiger partial charge in [-0.2, -0.15) is 5.10 Å². The molecule has 20 heavy (non-hydrogen) atoms. The zero-order valence-electron chi connectivity index (χ0n) is 12.0. The van der Waals surface area contributed by atoms with Gasteiger partial charge >= 0.3 is 0 Å². The first-order valence-corrected chi connectivity index (χ1v) is 7.07. The van der Waals surface area contributed by atoms with Crippen LogP contribution in [0.1, 0.15) is 29.9 Å². The van der Waals surface area contributed by atoms with E-state index in [9.17, 15) is 4.39 Å². The van der Waals surface area contributed by atoms with Gasteiger partial charge in [-0.15, -0.1) is 0 Å². The van der Waals surface area contributed by atoms with Gasteiger partial charge in [-0.25, -0.2) is 4.39 Å². The Balaban J connectivity index is 2.26. The minimum absolute atomic E-state index is 0.0171. The average Bonchev–Trinajstić information content (AvgIpc) is 2.79. The number of nitrogens with one attached hydrogen (secondary N) is 1. The quantitative estimate of drug-likeness (QED) is 0.917. The number of halogens is 2. The highest BCUT2D eigenvalue weighted by Gasteiger charge is 2.17. The lowest BCUT2D eigenvalue weighted by atomic mass is 10.0. The molecule has 2 aromatic rings. The smallest absolute Gasteiger partial charge is 0.127 e. The highest BCUT2D eigenvalue weighted by molar-refractivity contribution is 6.30. The van der Waals surface area contributed by atoms with Crippen LogP contribution in [0.3, 0.4) is 0 Å². The number of hydrogen-bond acceptors (Lipinski definition) is 2. The van der Waals surface area contributed by atoms with Crippen LogP contribution >= 0.6 is 11.6 Å². The van der Waals surface area contributed by atoms with Crippen molar-refractivity contribution in [2.24, 2.45) is 7.05 Å². The Morgan fingerprint density at radius 1 is 1.40 bits per heavy atom. The van der Waals surface area contributed by atoms with Crippen molar-refractivity contribution in [3.05, 3.63) is 52.1 Å². The van der Waals surface area contributed by atoms with Crippen molar-refractivity contribution in [1.82, 2.24) is 15.1 Å². The Morgan fingerprint density at radius 3 is 2.70 bits per heavy atom. The number of rotatable bonds is 5. The van der Waals surface area contributed by atoms with E-state index in [1.807, 2.05) is 18.8 Å². The summed E-state index contributed by atoms with van der Waals surface area (Å²) in [6, 6.07) is 6.88. The van der Waals surface area contributed by atoms with Gasteiger partial charge in [0.15, 0.2) is 0 Å². The summed E-state index contributed by atoms with van der Waals surface area (Å²) in [5.41, 5.74) is 2.74. The Bertz CT molecular complexity index is 595. The van der Waals surface area contributed by atoms with Gasteiger partial charge in [0.25, 0.3) is 0 Å². The topological polar surface area (TPSA) is 29.9 Å². The molecule has 1 N–H and O–H groups in total. The molecule has 0 spiro atoms. The van der Waals surface area contributed by atoms with Crippen LogP contribution in [0, 0.1) is 5.82 Å². The summed E-state index contributed by atoms with van der Waals surface area (Å²) in [5.74, 6) is -0.268. The molecule has 0 aliphatic carbocycles. The molecular weight excluding hydrogens is 277 g/mol. The second-order valence-corrected chi connectivity index (χ2v) is 5.26. The number of hydrogen-bond donors (Lipinski definition) is 1. The van der Waals surface area contributed by atoms with Gasteiger partial charge < -0.3 is 5.32 Å². The summed E-state index contributed by atoms with van der Waals surface area (Å²) in [6.07, 6.45) is 1.45. The molecule has 2 rings (SSSR count). The van der Waals surface area contributed by atoms with Crippen LogP contribution in [0.5, 0.6) is 0 Å². The fourth-order valence-electron chi connectivity index (χ4n) is 2.30. The van der Waals surface area contributed by atoms with Crippen molar-refractivity contribution >= 4 is 11.6 Å². The highest BCUT2D eigenvalue weighted by Crippen LogP contribution is 2.22. The molecule has 108 valence electrons. The second kappa shape index (κ2) is 6.37. The van der Waals surface area contributed by atoms with Gasteiger partial charge in [0.1, 0.15) is 5.82 Å². The van der Waals surface area contributed by atoms with E-state index in [0.717, 1.165) is 17.8 Å². The summed E-state index contributed by atoms with van der Waals surface area (Å²) in [7, 11) is 3.79. The zero-order chi connectivity index (χ0) is 14.7. The first-order valence-electron chi connectivity index (χ1n) is 6.69. The van der Waals surface area contributed by atoms with E-state index >= 15 is 0 Å². The van der Waals surface area contributed by atoms with E-state index in [0.29, 0.717) is 17.0 Å². The van der Waals surface area contributed by atoms with Crippen molar-refractivity contribution in [3.63, 3.8) is 0 Å². The first kappa shape index (κ1) is 15.0. The number of nitrogens with zero attached hydrogens (tertiary/aromatic N) is 2. The third kappa shape index (κ3) is 3.19. The lowest BCUT2D eigenvalue weighted by Crippen LogP contribution is -2.22. The van der Waals surface area contributed by atoms with Crippen molar-refractivity contribution in [2.75, 3.05) is 7.05 Å². The Morgan fingerprint density at radius 2 is 2.15 bits per heavy atom. The molecule has 0 saturated heterocycles. The molecule has 0 aliphatic heterocycles. The van der Waals surface area contributed by atoms with Crippen LogP contribution < -0.4 is 5.32 Å². The fourth-order valence-corrected chi connectivity index (χ4v) is 2.46. The monoisotopic (exact) mass is 295 g/mol. The van der Waals surface area contributed by atoms with Gasteiger partial charge in [0, 0.05) is 12.1 Å². The van der Waals surface area contributed by atoms with E-state index < -0.39 is 0 Å². The summed E-state index contributed by atoms with van der Waals surface area (Å²) >= 11 is 5.78. The third-order valence-corrected chi connectivity index (χ3v) is 3.71. The number of benzene rings is 1. The van der Waals surface area contributed by atoms with Crippen LogP contribution in [0.2, 0.25) is 5.02 Å². The maximum Gasteiger partial charge on any atom is 0.127 e. The standard InChI is InChI=1S/C15H19ClFN3/c1-4-12-9-15(20(3)19-12)14(18-2)7-10-5-6-11(16)8-13(10)17/h5-6,8-9,14,18H,4,7H2,1-3H3. The summed E-state index contributed by atoms with van der Waals surface area (Å²) < 4.78 is 15.8. The third-order valence-electron chi connectivity index (χ3n) is 3.47. The lowest BCUT2D eigenvalue weighted by Gasteiger charge is -2.17. The van der Waals surface area contributed by atoms with Crippen LogP contribution in [-0.4, -0.2) is 16.8 Å². The molecule has 0 saturated carbocycles. The van der Waals surface area contributed by atoms with Crippen molar-refractivity contribution in [2.45, 2.75) is 25.8 Å². The maximum absolute atomic E-state index is 13.9. The minimum Gasteiger partial charge on any atom is -0.311 e. The highest BCUT2D eigenvalue weighted by atomic mass is 35.5. The number of aromatic nitrogens is 2. The van der Waals surface area contributed by atoms with Gasteiger partial charge in [-0.3, -0.25) is 4.68 Å². The molecule has 1 aromatic carbocycles. The Kier molecular flexibility index (Phi) is 4.78. The van der Waals surface area contributed by atoms with Crippen LogP contribution in [0.4, 0.5) is 4.39 Å². The van der Waals surface area contributed by atoms with Gasteiger partial charge in [-0.05, 0) is 43.7 Å². The summed E-state index contributed by atoms with van der Waals surface area (Å²) in [5, 5.41) is 8.08. The number of aryl methyl sites for hydroxylation is 2. The molecule has 1 atom stereocenters. The van der Waals surface area contributed by atoms with Gasteiger partial charge in [-0.1, -0.05) is 24.6 Å². The zero-order valence-corrected chi connectivity index (χ0v) is 12.7. The molecule has 0 radical (unpaired) electrons. The molecule has 0 bridgehead atoms. The maximum atomic E-state index is 13.9. The van der Waals surface area contributed by atoms with Crippen LogP contribution in [-0.2, 0) is 19.9 Å². The SMILES string of the molecule is CCc1cc(C(Cc2ccc(Cl)cc2F)NC)n(C)n1. The van der Waals surface area contributed by atoms with Crippen LogP contribution in [0.25, 0.3) is 0 Å². The van der Waals surface area contributed by atoms with E-state index in [2.05, 4.69) is 23.4 Å². The molecule has 1 unspecified atom stereocenters. The average molecular weight is 296 g/mol. The molecule has 0 amide bonds. The molecule has 0 aliphatic rings. The normalized spacial score (nSPS) is 12.7. The first-order chi connectivity index (χ1) is 9.55. The van der Waals surface area contributed by atoms with Gasteiger partial charge in [0.2, 0.25) is 0 Å². The minimum atomic E-state index is -0.268. The second-order valence-electron chi connectivity index (χ2n) is 4.82. The van der Waals surface area contributed by atoms with Crippen LogP contribution in [0.15, 0.2) is 24.3 Å². The molecule has 0 fully saturated rings. The predicted octanol–water partition coefficient (Wildman–Crippen LogP) is 3.28. The largest absolute Gasteiger partial charge is 0.311 e. The predicted molar refractivity (Wildman–Crippen MR) is 79.5 cm³/mol. The Hall–Kier alpha value is -1.39. The van der Waals surface area contributed by atoms with Crippen molar-refractivity contribution in [1.29, 1.82) is 0 Å². The molecule has 3 nitrogen and oxygen atoms in total. The van der Waals surface area contributed by atoms with Crippen molar-refractivity contribution < 1.29 is 4.39 Å². The summed E-state index contributed by atoms with van der Waals surface area (Å²) in [6.45, 7) is 2.07. The van der Waals surface area contributed by atoms with E-state index in [-0.39, 0.29) is 11.9 Å². The molecule has 5 heteroatoms. The molecule has 1 aromatic heterocycles. The Labute approximate surface area is 123 Å². The van der Waals surface area contributed by atoms with Crippen molar-refractivity contribution in [3.8, 4) is 0 Å². The summed E-state index contributed by atoms with van der Waals surface area (Å²) in [4.78, 5) is 0. The van der Waals surface area contributed by atoms with Gasteiger partial charge in [0.05, 0.1) is 17.4 Å². The fraction of sp³-hybridized carbons (Fsp3) is 0.400. The van der Waals surface area contributed by atoms with E-state index in [4.69, 9.17) is 11.6 Å². The lowest BCUT2D eigenvalue weighted by molar-refractivity contribution is 0.519. The van der Waals surface area contributed by atoms with E-state index in [1.165, 1.54) is 6.07 Å². The molecular formula is C15H19ClFN3. The molecule has 1 heterocycles. The van der Waals surface area contributed by atoms with E-state index in [1.54, 1.807) is 12.1 Å².